The lowest BCUT2D eigenvalue weighted by Crippen LogP contribution is -2.25. The fourth-order valence-corrected chi connectivity index (χ4v) is 2.43. The zero-order valence-electron chi connectivity index (χ0n) is 11.4. The maximum Gasteiger partial charge on any atom is 0.0369 e. The molecular formula is C15H26S. The Kier molecular flexibility index (Phi) is 4.34. The van der Waals surface area contributed by atoms with E-state index in [0.29, 0.717) is 11.3 Å². The lowest BCUT2D eigenvalue weighted by Gasteiger charge is -2.34. The first kappa shape index (κ1) is 13.9. The van der Waals surface area contributed by atoms with Crippen molar-refractivity contribution in [3.63, 3.8) is 0 Å². The first-order valence-corrected chi connectivity index (χ1v) is 6.89. The molecule has 0 N–H and O–H groups in total. The maximum absolute atomic E-state index is 4.84. The fraction of sp³-hybridized carbons (Fsp3) is 0.733. The molecule has 0 bridgehead atoms. The summed E-state index contributed by atoms with van der Waals surface area (Å²) in [7, 11) is 0. The van der Waals surface area contributed by atoms with E-state index in [0.717, 1.165) is 19.3 Å². The lowest BCUT2D eigenvalue weighted by molar-refractivity contribution is 0.292. The molecule has 1 heteroatoms. The highest BCUT2D eigenvalue weighted by molar-refractivity contribution is 7.82. The van der Waals surface area contributed by atoms with Gasteiger partial charge in [-0.1, -0.05) is 52.8 Å². The third kappa shape index (κ3) is 2.94. The molecule has 0 radical (unpaired) electrons. The van der Waals surface area contributed by atoms with Crippen LogP contribution in [0.25, 0.3) is 0 Å². The third-order valence-electron chi connectivity index (χ3n) is 3.92. The summed E-state index contributed by atoms with van der Waals surface area (Å²) < 4.78 is 0.0827. The highest BCUT2D eigenvalue weighted by atomic mass is 32.1. The molecule has 0 aromatic rings. The van der Waals surface area contributed by atoms with E-state index in [1.165, 1.54) is 5.57 Å². The zero-order chi connectivity index (χ0) is 12.4. The fourth-order valence-electron chi connectivity index (χ4n) is 2.27. The van der Waals surface area contributed by atoms with E-state index in [9.17, 15) is 0 Å². The largest absolute Gasteiger partial charge is 0.168 e. The third-order valence-corrected chi connectivity index (χ3v) is 4.81. The van der Waals surface area contributed by atoms with Gasteiger partial charge < -0.3 is 0 Å². The number of hydrogen-bond acceptors (Lipinski definition) is 1. The normalized spacial score (nSPS) is 22.1. The van der Waals surface area contributed by atoms with E-state index in [4.69, 9.17) is 12.6 Å². The molecule has 1 aliphatic rings. The van der Waals surface area contributed by atoms with Crippen LogP contribution in [-0.4, -0.2) is 4.75 Å². The van der Waals surface area contributed by atoms with E-state index in [1.807, 2.05) is 0 Å². The number of rotatable bonds is 3. The van der Waals surface area contributed by atoms with E-state index in [1.54, 1.807) is 0 Å². The summed E-state index contributed by atoms with van der Waals surface area (Å²) >= 11 is 4.84. The second kappa shape index (κ2) is 5.00. The van der Waals surface area contributed by atoms with Crippen LogP contribution in [0.1, 0.15) is 53.9 Å². The van der Waals surface area contributed by atoms with Gasteiger partial charge in [-0.2, -0.15) is 12.6 Å². The van der Waals surface area contributed by atoms with Gasteiger partial charge in [-0.3, -0.25) is 0 Å². The molecule has 16 heavy (non-hydrogen) atoms. The minimum atomic E-state index is 0.0827. The van der Waals surface area contributed by atoms with Gasteiger partial charge in [-0.05, 0) is 36.2 Å². The van der Waals surface area contributed by atoms with Crippen molar-refractivity contribution >= 4 is 12.6 Å². The summed E-state index contributed by atoms with van der Waals surface area (Å²) in [5.74, 6) is 0.669. The molecule has 92 valence electrons. The molecule has 0 saturated carbocycles. The summed E-state index contributed by atoms with van der Waals surface area (Å²) in [5.41, 5.74) is 1.79. The Balaban J connectivity index is 2.79. The Morgan fingerprint density at radius 1 is 1.25 bits per heavy atom. The van der Waals surface area contributed by atoms with Crippen molar-refractivity contribution in [3.05, 3.63) is 23.8 Å². The van der Waals surface area contributed by atoms with Gasteiger partial charge in [-0.25, -0.2) is 0 Å². The van der Waals surface area contributed by atoms with E-state index >= 15 is 0 Å². The summed E-state index contributed by atoms with van der Waals surface area (Å²) in [6.07, 6.45) is 10.4. The minimum absolute atomic E-state index is 0.0827. The Bertz CT molecular complexity index is 287. The Morgan fingerprint density at radius 3 is 2.12 bits per heavy atom. The molecule has 1 unspecified atom stereocenters. The van der Waals surface area contributed by atoms with Gasteiger partial charge in [0, 0.05) is 4.75 Å². The van der Waals surface area contributed by atoms with Crippen LogP contribution in [0.4, 0.5) is 0 Å². The van der Waals surface area contributed by atoms with Crippen LogP contribution in [0.3, 0.4) is 0 Å². The van der Waals surface area contributed by atoms with Crippen molar-refractivity contribution < 1.29 is 0 Å². The van der Waals surface area contributed by atoms with Crippen LogP contribution in [0.15, 0.2) is 23.8 Å². The first-order valence-electron chi connectivity index (χ1n) is 6.44. The SMILES string of the molecule is CCC(S)(CC)C1=CCC(C(C)(C)C)C=C1. The molecule has 0 aromatic heterocycles. The Hall–Kier alpha value is -0.170. The van der Waals surface area contributed by atoms with Crippen LogP contribution in [-0.2, 0) is 0 Å². The van der Waals surface area contributed by atoms with Crippen molar-refractivity contribution in [2.45, 2.75) is 58.6 Å². The molecule has 0 aliphatic heterocycles. The summed E-state index contributed by atoms with van der Waals surface area (Å²) in [5, 5.41) is 0. The number of thiol groups is 1. The van der Waals surface area contributed by atoms with Gasteiger partial charge in [0.15, 0.2) is 0 Å². The minimum Gasteiger partial charge on any atom is -0.168 e. The predicted molar refractivity (Wildman–Crippen MR) is 77.1 cm³/mol. The van der Waals surface area contributed by atoms with Crippen LogP contribution in [0.2, 0.25) is 0 Å². The van der Waals surface area contributed by atoms with Crippen LogP contribution >= 0.6 is 12.6 Å². The van der Waals surface area contributed by atoms with Gasteiger partial charge >= 0.3 is 0 Å². The molecule has 0 spiro atoms. The van der Waals surface area contributed by atoms with Crippen molar-refractivity contribution in [3.8, 4) is 0 Å². The van der Waals surface area contributed by atoms with E-state index < -0.39 is 0 Å². The van der Waals surface area contributed by atoms with Crippen LogP contribution < -0.4 is 0 Å². The quantitative estimate of drug-likeness (QED) is 0.655. The molecule has 0 amide bonds. The average Bonchev–Trinajstić information content (AvgIpc) is 2.27. The van der Waals surface area contributed by atoms with Crippen LogP contribution in [0, 0.1) is 11.3 Å². The Labute approximate surface area is 107 Å². The van der Waals surface area contributed by atoms with Gasteiger partial charge in [0.1, 0.15) is 0 Å². The summed E-state index contributed by atoms with van der Waals surface area (Å²) in [6.45, 7) is 11.4. The molecule has 0 heterocycles. The topological polar surface area (TPSA) is 0 Å². The van der Waals surface area contributed by atoms with Gasteiger partial charge in [0.2, 0.25) is 0 Å². The molecular weight excluding hydrogens is 212 g/mol. The zero-order valence-corrected chi connectivity index (χ0v) is 12.3. The monoisotopic (exact) mass is 238 g/mol. The molecule has 0 nitrogen and oxygen atoms in total. The maximum atomic E-state index is 4.84. The van der Waals surface area contributed by atoms with Crippen molar-refractivity contribution in [1.29, 1.82) is 0 Å². The van der Waals surface area contributed by atoms with E-state index in [2.05, 4.69) is 52.8 Å². The number of hydrogen-bond donors (Lipinski definition) is 1. The highest BCUT2D eigenvalue weighted by Crippen LogP contribution is 2.39. The standard InChI is InChI=1S/C15H26S/c1-6-15(16,7-2)13-10-8-12(9-11-13)14(3,4)5/h8,10-12,16H,6-7,9H2,1-5H3. The smallest absolute Gasteiger partial charge is 0.0369 e. The van der Waals surface area contributed by atoms with Crippen molar-refractivity contribution in [1.82, 2.24) is 0 Å². The van der Waals surface area contributed by atoms with Gasteiger partial charge in [-0.15, -0.1) is 0 Å². The second-order valence-corrected chi connectivity index (χ2v) is 6.82. The molecule has 1 atom stereocenters. The lowest BCUT2D eigenvalue weighted by atomic mass is 9.75. The summed E-state index contributed by atoms with van der Waals surface area (Å²) in [6, 6.07) is 0. The molecule has 1 rings (SSSR count). The van der Waals surface area contributed by atoms with Gasteiger partial charge in [0.05, 0.1) is 0 Å². The molecule has 0 aromatic carbocycles. The molecule has 1 aliphatic carbocycles. The van der Waals surface area contributed by atoms with E-state index in [-0.39, 0.29) is 4.75 Å². The number of allylic oxidation sites excluding steroid dienone is 3. The van der Waals surface area contributed by atoms with Crippen molar-refractivity contribution in [2.75, 3.05) is 0 Å². The Morgan fingerprint density at radius 2 is 1.81 bits per heavy atom. The average molecular weight is 238 g/mol. The van der Waals surface area contributed by atoms with Crippen molar-refractivity contribution in [2.24, 2.45) is 11.3 Å². The molecule has 0 fully saturated rings. The van der Waals surface area contributed by atoms with Gasteiger partial charge in [0.25, 0.3) is 0 Å². The van der Waals surface area contributed by atoms with Crippen LogP contribution in [0.5, 0.6) is 0 Å². The predicted octanol–water partition coefficient (Wildman–Crippen LogP) is 5.02. The summed E-state index contributed by atoms with van der Waals surface area (Å²) in [4.78, 5) is 0. The first-order chi connectivity index (χ1) is 7.33. The second-order valence-electron chi connectivity index (χ2n) is 5.97. The highest BCUT2D eigenvalue weighted by Gasteiger charge is 2.29. The molecule has 0 saturated heterocycles.